The number of esters is 3. The Morgan fingerprint density at radius 1 is 0.938 bits per heavy atom. The van der Waals surface area contributed by atoms with Gasteiger partial charge in [-0.25, -0.2) is 0 Å². The lowest BCUT2D eigenvalue weighted by atomic mass is 9.92. The summed E-state index contributed by atoms with van der Waals surface area (Å²) >= 11 is 0. The van der Waals surface area contributed by atoms with Crippen LogP contribution in [0.1, 0.15) is 53.4 Å². The van der Waals surface area contributed by atoms with Gasteiger partial charge in [-0.1, -0.05) is 6.92 Å². The summed E-state index contributed by atoms with van der Waals surface area (Å²) in [5.74, 6) is -2.16. The minimum absolute atomic E-state index is 0.0404. The topological polar surface area (TPSA) is 152 Å². The largest absolute Gasteiger partial charge is 0.463 e. The van der Waals surface area contributed by atoms with Gasteiger partial charge in [-0.15, -0.1) is 0 Å². The summed E-state index contributed by atoms with van der Waals surface area (Å²) < 4.78 is 27.5. The molecule has 1 amide bonds. The highest BCUT2D eigenvalue weighted by atomic mass is 16.7. The molecule has 0 aromatic rings. The molecule has 184 valence electrons. The Labute approximate surface area is 188 Å². The summed E-state index contributed by atoms with van der Waals surface area (Å²) in [6.07, 6.45) is -1.13. The van der Waals surface area contributed by atoms with Crippen LogP contribution >= 0.6 is 0 Å². The Hall–Kier alpha value is -2.24. The molecule has 11 nitrogen and oxygen atoms in total. The van der Waals surface area contributed by atoms with Gasteiger partial charge in [0.1, 0.15) is 18.8 Å². The third-order valence-corrected chi connectivity index (χ3v) is 4.78. The summed E-state index contributed by atoms with van der Waals surface area (Å²) in [7, 11) is 0. The van der Waals surface area contributed by atoms with E-state index in [1.807, 2.05) is 0 Å². The predicted octanol–water partition coefficient (Wildman–Crippen LogP) is 0.426. The Bertz CT molecular complexity index is 628. The molecule has 0 unspecified atom stereocenters. The maximum Gasteiger partial charge on any atom is 0.303 e. The zero-order chi connectivity index (χ0) is 24.1. The van der Waals surface area contributed by atoms with Crippen molar-refractivity contribution in [2.45, 2.75) is 78.0 Å². The first-order valence-corrected chi connectivity index (χ1v) is 10.9. The first-order chi connectivity index (χ1) is 15.1. The number of nitrogens with one attached hydrogen (secondary N) is 1. The number of hydrogen-bond acceptors (Lipinski definition) is 10. The van der Waals surface area contributed by atoms with E-state index in [0.717, 1.165) is 6.42 Å². The fourth-order valence-corrected chi connectivity index (χ4v) is 3.27. The fourth-order valence-electron chi connectivity index (χ4n) is 3.27. The number of rotatable bonds is 13. The highest BCUT2D eigenvalue weighted by molar-refractivity contribution is 5.75. The number of amides is 1. The van der Waals surface area contributed by atoms with E-state index in [1.54, 1.807) is 6.92 Å². The van der Waals surface area contributed by atoms with Gasteiger partial charge < -0.3 is 34.7 Å². The molecule has 1 fully saturated rings. The molecule has 5 atom stereocenters. The second kappa shape index (κ2) is 14.8. The van der Waals surface area contributed by atoms with E-state index in [1.165, 1.54) is 20.8 Å². The Balaban J connectivity index is 2.69. The summed E-state index contributed by atoms with van der Waals surface area (Å²) in [6.45, 7) is 6.67. The molecule has 0 saturated carbocycles. The van der Waals surface area contributed by atoms with Crippen molar-refractivity contribution >= 4 is 23.8 Å². The second-order valence-corrected chi connectivity index (χ2v) is 7.67. The summed E-state index contributed by atoms with van der Waals surface area (Å²) in [5, 5.41) is 2.79. The zero-order valence-electron chi connectivity index (χ0n) is 19.3. The first-order valence-electron chi connectivity index (χ1n) is 10.9. The molecule has 0 spiro atoms. The van der Waals surface area contributed by atoms with Gasteiger partial charge in [0.25, 0.3) is 0 Å². The Morgan fingerprint density at radius 2 is 1.59 bits per heavy atom. The number of ether oxygens (including phenoxy) is 5. The smallest absolute Gasteiger partial charge is 0.303 e. The molecule has 1 saturated heterocycles. The number of unbranched alkanes of at least 4 members (excludes halogenated alkanes) is 1. The van der Waals surface area contributed by atoms with Gasteiger partial charge in [0, 0.05) is 46.3 Å². The summed E-state index contributed by atoms with van der Waals surface area (Å²) in [4.78, 5) is 46.2. The normalized spacial score (nSPS) is 25.0. The number of carbonyl (C=O) groups is 4. The van der Waals surface area contributed by atoms with Crippen LogP contribution in [0.2, 0.25) is 0 Å². The van der Waals surface area contributed by atoms with Crippen LogP contribution in [0.3, 0.4) is 0 Å². The van der Waals surface area contributed by atoms with Gasteiger partial charge in [-0.05, 0) is 25.8 Å². The molecule has 0 bridgehead atoms. The van der Waals surface area contributed by atoms with Crippen molar-refractivity contribution in [2.24, 2.45) is 11.7 Å². The van der Waals surface area contributed by atoms with Crippen LogP contribution in [-0.2, 0) is 42.9 Å². The van der Waals surface area contributed by atoms with Crippen LogP contribution in [0.25, 0.3) is 0 Å². The molecular formula is C21H36N2O9. The van der Waals surface area contributed by atoms with Crippen molar-refractivity contribution < 1.29 is 42.9 Å². The van der Waals surface area contributed by atoms with E-state index in [4.69, 9.17) is 29.4 Å². The monoisotopic (exact) mass is 460 g/mol. The standard InChI is InChI=1S/C21H36N2O9/c1-13-19(30-15(3)25)20(31-16(4)26)17(12-29-14(2)24)32-21(13)28-11-6-5-8-18(27)23-10-7-9-22/h13,17,19-21H,5-12,22H2,1-4H3,(H,23,27)/t13-,17-,19-,20+,21-/m1/s1. The van der Waals surface area contributed by atoms with Gasteiger partial charge in [0.05, 0.1) is 0 Å². The van der Waals surface area contributed by atoms with E-state index < -0.39 is 48.4 Å². The Kier molecular flexibility index (Phi) is 12.8. The van der Waals surface area contributed by atoms with E-state index in [0.29, 0.717) is 39.0 Å². The molecule has 0 aliphatic carbocycles. The highest BCUT2D eigenvalue weighted by Crippen LogP contribution is 2.31. The third kappa shape index (κ3) is 10.4. The van der Waals surface area contributed by atoms with Gasteiger partial charge in [0.15, 0.2) is 12.4 Å². The van der Waals surface area contributed by atoms with Crippen LogP contribution < -0.4 is 11.1 Å². The summed E-state index contributed by atoms with van der Waals surface area (Å²) in [6, 6.07) is 0. The average molecular weight is 461 g/mol. The van der Waals surface area contributed by atoms with Crippen molar-refractivity contribution in [1.29, 1.82) is 0 Å². The molecule has 1 rings (SSSR count). The van der Waals surface area contributed by atoms with Crippen LogP contribution in [0, 0.1) is 5.92 Å². The van der Waals surface area contributed by atoms with Crippen molar-refractivity contribution in [1.82, 2.24) is 5.32 Å². The third-order valence-electron chi connectivity index (χ3n) is 4.78. The second-order valence-electron chi connectivity index (χ2n) is 7.67. The quantitative estimate of drug-likeness (QED) is 0.225. The lowest BCUT2D eigenvalue weighted by Gasteiger charge is -2.43. The van der Waals surface area contributed by atoms with Gasteiger partial charge in [0.2, 0.25) is 5.91 Å². The molecule has 0 aromatic carbocycles. The molecular weight excluding hydrogens is 424 g/mol. The van der Waals surface area contributed by atoms with Gasteiger partial charge in [-0.2, -0.15) is 0 Å². The van der Waals surface area contributed by atoms with E-state index >= 15 is 0 Å². The minimum Gasteiger partial charge on any atom is -0.463 e. The molecule has 1 aliphatic heterocycles. The first kappa shape index (κ1) is 27.8. The SMILES string of the molecule is CC(=O)OC[C@H]1O[C@@H](OCCCCC(=O)NCCCN)[C@H](C)[C@@H](OC(C)=O)[C@H]1OC(C)=O. The van der Waals surface area contributed by atoms with E-state index in [9.17, 15) is 19.2 Å². The highest BCUT2D eigenvalue weighted by Gasteiger charge is 2.48. The van der Waals surface area contributed by atoms with Crippen molar-refractivity contribution in [3.8, 4) is 0 Å². The fraction of sp³-hybridized carbons (Fsp3) is 0.810. The zero-order valence-corrected chi connectivity index (χ0v) is 19.3. The van der Waals surface area contributed by atoms with Crippen molar-refractivity contribution in [3.63, 3.8) is 0 Å². The van der Waals surface area contributed by atoms with Crippen LogP contribution in [0.5, 0.6) is 0 Å². The number of carbonyl (C=O) groups excluding carboxylic acids is 4. The van der Waals surface area contributed by atoms with Crippen LogP contribution in [0.4, 0.5) is 0 Å². The molecule has 32 heavy (non-hydrogen) atoms. The van der Waals surface area contributed by atoms with Crippen molar-refractivity contribution in [3.05, 3.63) is 0 Å². The minimum atomic E-state index is -0.956. The van der Waals surface area contributed by atoms with Crippen LogP contribution in [-0.4, -0.2) is 74.7 Å². The van der Waals surface area contributed by atoms with Gasteiger partial charge in [-0.3, -0.25) is 19.2 Å². The molecule has 0 radical (unpaired) electrons. The predicted molar refractivity (Wildman–Crippen MR) is 112 cm³/mol. The lowest BCUT2D eigenvalue weighted by Crippen LogP contribution is -2.58. The average Bonchev–Trinajstić information content (AvgIpc) is 2.70. The Morgan fingerprint density at radius 3 is 2.19 bits per heavy atom. The molecule has 1 heterocycles. The maximum absolute atomic E-state index is 11.7. The van der Waals surface area contributed by atoms with E-state index in [2.05, 4.69) is 5.32 Å². The molecule has 3 N–H and O–H groups in total. The number of hydrogen-bond donors (Lipinski definition) is 2. The molecule has 1 aliphatic rings. The molecule has 11 heteroatoms. The van der Waals surface area contributed by atoms with E-state index in [-0.39, 0.29) is 12.5 Å². The van der Waals surface area contributed by atoms with Gasteiger partial charge >= 0.3 is 17.9 Å². The van der Waals surface area contributed by atoms with Crippen LogP contribution in [0.15, 0.2) is 0 Å². The van der Waals surface area contributed by atoms with Crippen molar-refractivity contribution in [2.75, 3.05) is 26.3 Å². The molecule has 0 aromatic heterocycles. The lowest BCUT2D eigenvalue weighted by molar-refractivity contribution is -0.288. The number of nitrogens with two attached hydrogens (primary N) is 1. The summed E-state index contributed by atoms with van der Waals surface area (Å²) in [5.41, 5.74) is 5.39. The maximum atomic E-state index is 11.7.